The molecule has 0 radical (unpaired) electrons. The second-order valence-corrected chi connectivity index (χ2v) is 5.98. The average molecular weight is 317 g/mol. The van der Waals surface area contributed by atoms with Crippen LogP contribution in [0.4, 0.5) is 0 Å². The van der Waals surface area contributed by atoms with E-state index in [0.29, 0.717) is 0 Å². The SMILES string of the molecule is CN=C(NCCCSc1ccccc1)NCc1ccnn1C. The van der Waals surface area contributed by atoms with Gasteiger partial charge in [0.25, 0.3) is 0 Å². The van der Waals surface area contributed by atoms with Crippen LogP contribution in [-0.4, -0.2) is 35.1 Å². The summed E-state index contributed by atoms with van der Waals surface area (Å²) in [5.74, 6) is 1.92. The molecule has 0 unspecified atom stereocenters. The van der Waals surface area contributed by atoms with Gasteiger partial charge in [-0.2, -0.15) is 5.10 Å². The Labute approximate surface area is 136 Å². The minimum absolute atomic E-state index is 0.717. The summed E-state index contributed by atoms with van der Waals surface area (Å²) in [5, 5.41) is 10.8. The van der Waals surface area contributed by atoms with Crippen molar-refractivity contribution in [3.05, 3.63) is 48.3 Å². The fraction of sp³-hybridized carbons (Fsp3) is 0.375. The molecule has 1 heterocycles. The first kappa shape index (κ1) is 16.4. The van der Waals surface area contributed by atoms with Crippen LogP contribution in [0, 0.1) is 0 Å². The summed E-state index contributed by atoms with van der Waals surface area (Å²) >= 11 is 1.88. The number of nitrogens with one attached hydrogen (secondary N) is 2. The van der Waals surface area contributed by atoms with Gasteiger partial charge in [0.15, 0.2) is 5.96 Å². The summed E-state index contributed by atoms with van der Waals surface area (Å²) in [7, 11) is 3.73. The van der Waals surface area contributed by atoms with E-state index in [2.05, 4.69) is 45.0 Å². The Morgan fingerprint density at radius 2 is 2.05 bits per heavy atom. The normalized spacial score (nSPS) is 11.5. The van der Waals surface area contributed by atoms with E-state index < -0.39 is 0 Å². The van der Waals surface area contributed by atoms with Crippen LogP contribution in [0.5, 0.6) is 0 Å². The van der Waals surface area contributed by atoms with E-state index in [1.54, 1.807) is 13.2 Å². The number of aryl methyl sites for hydroxylation is 1. The van der Waals surface area contributed by atoms with Crippen LogP contribution in [0.3, 0.4) is 0 Å². The average Bonchev–Trinajstić information content (AvgIpc) is 2.96. The quantitative estimate of drug-likeness (QED) is 0.356. The van der Waals surface area contributed by atoms with E-state index in [4.69, 9.17) is 0 Å². The minimum Gasteiger partial charge on any atom is -0.356 e. The molecule has 0 aliphatic rings. The molecule has 1 aromatic heterocycles. The topological polar surface area (TPSA) is 54.2 Å². The van der Waals surface area contributed by atoms with E-state index in [0.717, 1.165) is 36.9 Å². The molecule has 0 spiro atoms. The third-order valence-electron chi connectivity index (χ3n) is 3.21. The predicted molar refractivity (Wildman–Crippen MR) is 93.2 cm³/mol. The van der Waals surface area contributed by atoms with Crippen LogP contribution in [0.2, 0.25) is 0 Å². The number of benzene rings is 1. The molecular weight excluding hydrogens is 294 g/mol. The Bertz CT molecular complexity index is 579. The lowest BCUT2D eigenvalue weighted by Gasteiger charge is -2.11. The third-order valence-corrected chi connectivity index (χ3v) is 4.31. The number of hydrogen-bond acceptors (Lipinski definition) is 3. The van der Waals surface area contributed by atoms with Gasteiger partial charge in [0.2, 0.25) is 0 Å². The summed E-state index contributed by atoms with van der Waals surface area (Å²) in [6.45, 7) is 1.62. The number of nitrogens with zero attached hydrogens (tertiary/aromatic N) is 3. The number of thioether (sulfide) groups is 1. The van der Waals surface area contributed by atoms with Crippen LogP contribution in [0.25, 0.3) is 0 Å². The molecule has 6 heteroatoms. The van der Waals surface area contributed by atoms with Gasteiger partial charge in [-0.25, -0.2) is 0 Å². The van der Waals surface area contributed by atoms with Gasteiger partial charge >= 0.3 is 0 Å². The van der Waals surface area contributed by atoms with Gasteiger partial charge in [0.05, 0.1) is 12.2 Å². The van der Waals surface area contributed by atoms with Gasteiger partial charge in [-0.05, 0) is 30.4 Å². The summed E-state index contributed by atoms with van der Waals surface area (Å²) in [6, 6.07) is 12.5. The van der Waals surface area contributed by atoms with Crippen molar-refractivity contribution in [1.29, 1.82) is 0 Å². The number of aromatic nitrogens is 2. The van der Waals surface area contributed by atoms with Gasteiger partial charge in [-0.1, -0.05) is 18.2 Å². The lowest BCUT2D eigenvalue weighted by atomic mass is 10.4. The Morgan fingerprint density at radius 3 is 2.73 bits per heavy atom. The lowest BCUT2D eigenvalue weighted by Crippen LogP contribution is -2.37. The fourth-order valence-electron chi connectivity index (χ4n) is 1.96. The highest BCUT2D eigenvalue weighted by molar-refractivity contribution is 7.99. The smallest absolute Gasteiger partial charge is 0.191 e. The van der Waals surface area contributed by atoms with Crippen molar-refractivity contribution < 1.29 is 0 Å². The molecule has 0 aliphatic heterocycles. The number of aliphatic imine (C=N–C) groups is 1. The molecule has 0 atom stereocenters. The zero-order chi connectivity index (χ0) is 15.6. The molecule has 0 saturated carbocycles. The van der Waals surface area contributed by atoms with Crippen LogP contribution in [-0.2, 0) is 13.6 Å². The largest absolute Gasteiger partial charge is 0.356 e. The fourth-order valence-corrected chi connectivity index (χ4v) is 2.83. The molecule has 0 bridgehead atoms. The van der Waals surface area contributed by atoms with Gasteiger partial charge < -0.3 is 10.6 Å². The first-order valence-electron chi connectivity index (χ1n) is 7.39. The summed E-state index contributed by atoms with van der Waals surface area (Å²) in [4.78, 5) is 5.55. The zero-order valence-electron chi connectivity index (χ0n) is 13.1. The number of guanidine groups is 1. The zero-order valence-corrected chi connectivity index (χ0v) is 13.9. The van der Waals surface area contributed by atoms with Crippen LogP contribution in [0.15, 0.2) is 52.5 Å². The first-order chi connectivity index (χ1) is 10.8. The van der Waals surface area contributed by atoms with Crippen LogP contribution in [0.1, 0.15) is 12.1 Å². The molecular formula is C16H23N5S. The highest BCUT2D eigenvalue weighted by Crippen LogP contribution is 2.17. The maximum atomic E-state index is 4.23. The van der Waals surface area contributed by atoms with E-state index in [9.17, 15) is 0 Å². The molecule has 0 saturated heterocycles. The minimum atomic E-state index is 0.717. The molecule has 0 fully saturated rings. The molecule has 22 heavy (non-hydrogen) atoms. The molecule has 0 amide bonds. The van der Waals surface area contributed by atoms with E-state index in [1.165, 1.54) is 4.90 Å². The summed E-state index contributed by atoms with van der Waals surface area (Å²) in [6.07, 6.45) is 2.89. The standard InChI is InChI=1S/C16H23N5S/c1-17-16(19-13-14-9-11-20-21(14)2)18-10-6-12-22-15-7-4-3-5-8-15/h3-5,7-9,11H,6,10,12-13H2,1-2H3,(H2,17,18,19). The van der Waals surface area contributed by atoms with Crippen LogP contribution < -0.4 is 10.6 Å². The Hall–Kier alpha value is -1.95. The second-order valence-electron chi connectivity index (χ2n) is 4.81. The van der Waals surface area contributed by atoms with Crippen molar-refractivity contribution in [2.24, 2.45) is 12.0 Å². The molecule has 2 aromatic rings. The Kier molecular flexibility index (Phi) is 6.83. The van der Waals surface area contributed by atoms with Gasteiger partial charge in [-0.3, -0.25) is 9.67 Å². The van der Waals surface area contributed by atoms with Crippen molar-refractivity contribution in [1.82, 2.24) is 20.4 Å². The highest BCUT2D eigenvalue weighted by Gasteiger charge is 2.01. The lowest BCUT2D eigenvalue weighted by molar-refractivity contribution is 0.683. The molecule has 2 rings (SSSR count). The number of rotatable bonds is 7. The Morgan fingerprint density at radius 1 is 1.23 bits per heavy atom. The maximum Gasteiger partial charge on any atom is 0.191 e. The van der Waals surface area contributed by atoms with E-state index >= 15 is 0 Å². The van der Waals surface area contributed by atoms with E-state index in [1.807, 2.05) is 35.6 Å². The second kappa shape index (κ2) is 9.15. The Balaban J connectivity index is 1.61. The summed E-state index contributed by atoms with van der Waals surface area (Å²) < 4.78 is 1.86. The maximum absolute atomic E-state index is 4.23. The van der Waals surface area contributed by atoms with Gasteiger partial charge in [0, 0.05) is 31.7 Å². The van der Waals surface area contributed by atoms with Crippen molar-refractivity contribution in [2.75, 3.05) is 19.3 Å². The van der Waals surface area contributed by atoms with Crippen LogP contribution >= 0.6 is 11.8 Å². The number of hydrogen-bond donors (Lipinski definition) is 2. The highest BCUT2D eigenvalue weighted by atomic mass is 32.2. The monoisotopic (exact) mass is 317 g/mol. The predicted octanol–water partition coefficient (Wildman–Crippen LogP) is 2.27. The third kappa shape index (κ3) is 5.44. The van der Waals surface area contributed by atoms with Crippen molar-refractivity contribution in [2.45, 2.75) is 17.9 Å². The summed E-state index contributed by atoms with van der Waals surface area (Å²) in [5.41, 5.74) is 1.13. The van der Waals surface area contributed by atoms with Crippen molar-refractivity contribution in [3.63, 3.8) is 0 Å². The molecule has 1 aromatic carbocycles. The van der Waals surface area contributed by atoms with Crippen molar-refractivity contribution in [3.8, 4) is 0 Å². The molecule has 2 N–H and O–H groups in total. The first-order valence-corrected chi connectivity index (χ1v) is 8.37. The van der Waals surface area contributed by atoms with Gasteiger partial charge in [-0.15, -0.1) is 11.8 Å². The van der Waals surface area contributed by atoms with Gasteiger partial charge in [0.1, 0.15) is 0 Å². The molecule has 118 valence electrons. The van der Waals surface area contributed by atoms with Crippen molar-refractivity contribution >= 4 is 17.7 Å². The molecule has 5 nitrogen and oxygen atoms in total. The van der Waals surface area contributed by atoms with E-state index in [-0.39, 0.29) is 0 Å². The molecule has 0 aliphatic carbocycles.